The van der Waals surface area contributed by atoms with Crippen LogP contribution < -0.4 is 5.32 Å². The van der Waals surface area contributed by atoms with Gasteiger partial charge in [-0.2, -0.15) is 0 Å². The van der Waals surface area contributed by atoms with Crippen molar-refractivity contribution >= 4 is 29.5 Å². The summed E-state index contributed by atoms with van der Waals surface area (Å²) in [4.78, 5) is 45.8. The van der Waals surface area contributed by atoms with Crippen LogP contribution in [0, 0.1) is 5.92 Å². The molecule has 0 aliphatic heterocycles. The first-order valence-corrected chi connectivity index (χ1v) is 16.2. The SMILES string of the molecule is C/C=C/C[C@@H](C)[C@@H](O)CC(=O)N[C@@H](CC)C(=O)N(C)[C@H](SCCCN(CC)CC)C(=O)N(C)[C@H](C)CC(C)(C)OC. The Morgan fingerprint density at radius 3 is 2.17 bits per heavy atom. The maximum absolute atomic E-state index is 13.8. The molecule has 0 aromatic carbocycles. The van der Waals surface area contributed by atoms with Crippen molar-refractivity contribution in [1.29, 1.82) is 0 Å². The van der Waals surface area contributed by atoms with Gasteiger partial charge in [0.25, 0.3) is 5.91 Å². The third kappa shape index (κ3) is 14.4. The highest BCUT2D eigenvalue weighted by atomic mass is 32.2. The van der Waals surface area contributed by atoms with E-state index in [1.807, 2.05) is 53.7 Å². The van der Waals surface area contributed by atoms with Gasteiger partial charge in [0.2, 0.25) is 11.8 Å². The summed E-state index contributed by atoms with van der Waals surface area (Å²) in [5.74, 6) is -0.199. The predicted molar refractivity (Wildman–Crippen MR) is 171 cm³/mol. The molecule has 0 unspecified atom stereocenters. The van der Waals surface area contributed by atoms with Crippen LogP contribution in [0.3, 0.4) is 0 Å². The summed E-state index contributed by atoms with van der Waals surface area (Å²) in [5.41, 5.74) is -0.394. The predicted octanol–water partition coefficient (Wildman–Crippen LogP) is 4.15. The Morgan fingerprint density at radius 1 is 1.05 bits per heavy atom. The van der Waals surface area contributed by atoms with Gasteiger partial charge in [-0.1, -0.05) is 39.8 Å². The summed E-state index contributed by atoms with van der Waals surface area (Å²) in [6.07, 6.45) is 5.58. The summed E-state index contributed by atoms with van der Waals surface area (Å²) < 4.78 is 5.58. The molecule has 0 fully saturated rings. The number of nitrogens with one attached hydrogen (secondary N) is 1. The number of carbonyl (C=O) groups excluding carboxylic acids is 3. The van der Waals surface area contributed by atoms with Crippen LogP contribution in [-0.4, -0.2) is 113 Å². The quantitative estimate of drug-likeness (QED) is 0.116. The summed E-state index contributed by atoms with van der Waals surface area (Å²) in [7, 11) is 5.08. The minimum absolute atomic E-state index is 0.0780. The van der Waals surface area contributed by atoms with Gasteiger partial charge in [0.1, 0.15) is 6.04 Å². The first kappa shape index (κ1) is 39.4. The lowest BCUT2D eigenvalue weighted by atomic mass is 9.97. The van der Waals surface area contributed by atoms with Crippen molar-refractivity contribution < 1.29 is 24.2 Å². The largest absolute Gasteiger partial charge is 0.392 e. The highest BCUT2D eigenvalue weighted by Crippen LogP contribution is 2.24. The number of ether oxygens (including phenoxy) is 1. The molecular formula is C31H60N4O5S. The molecule has 41 heavy (non-hydrogen) atoms. The molecule has 0 rings (SSSR count). The fourth-order valence-electron chi connectivity index (χ4n) is 4.55. The van der Waals surface area contributed by atoms with Gasteiger partial charge in [-0.25, -0.2) is 0 Å². The van der Waals surface area contributed by atoms with Gasteiger partial charge in [0.15, 0.2) is 5.37 Å². The summed E-state index contributed by atoms with van der Waals surface area (Å²) in [5, 5.41) is 12.5. The minimum atomic E-state index is -0.807. The molecule has 0 aliphatic rings. The number of hydrogen-bond acceptors (Lipinski definition) is 7. The Balaban J connectivity index is 5.68. The molecule has 10 heteroatoms. The molecule has 240 valence electrons. The van der Waals surface area contributed by atoms with Crippen LogP contribution in [0.1, 0.15) is 87.5 Å². The third-order valence-electron chi connectivity index (χ3n) is 7.88. The highest BCUT2D eigenvalue weighted by Gasteiger charge is 2.35. The Hall–Kier alpha value is -1.62. The van der Waals surface area contributed by atoms with Crippen molar-refractivity contribution in [3.8, 4) is 0 Å². The lowest BCUT2D eigenvalue weighted by Crippen LogP contribution is -2.55. The van der Waals surface area contributed by atoms with Crippen LogP contribution in [0.2, 0.25) is 0 Å². The molecule has 0 heterocycles. The maximum atomic E-state index is 13.8. The fourth-order valence-corrected chi connectivity index (χ4v) is 5.70. The van der Waals surface area contributed by atoms with Crippen LogP contribution in [0.25, 0.3) is 0 Å². The zero-order valence-electron chi connectivity index (χ0n) is 27.7. The molecule has 3 amide bonds. The van der Waals surface area contributed by atoms with E-state index >= 15 is 0 Å². The number of allylic oxidation sites excluding steroid dienone is 2. The molecule has 0 bridgehead atoms. The van der Waals surface area contributed by atoms with E-state index in [0.717, 1.165) is 31.8 Å². The monoisotopic (exact) mass is 600 g/mol. The van der Waals surface area contributed by atoms with E-state index in [1.165, 1.54) is 16.7 Å². The molecule has 0 saturated carbocycles. The second kappa shape index (κ2) is 20.3. The van der Waals surface area contributed by atoms with E-state index in [0.29, 0.717) is 19.3 Å². The zero-order chi connectivity index (χ0) is 31.8. The van der Waals surface area contributed by atoms with Gasteiger partial charge in [-0.05, 0) is 84.7 Å². The molecule has 0 saturated heterocycles. The summed E-state index contributed by atoms with van der Waals surface area (Å²) in [6.45, 7) is 18.7. The Kier molecular flexibility index (Phi) is 19.5. The van der Waals surface area contributed by atoms with Crippen LogP contribution in [-0.2, 0) is 19.1 Å². The number of aliphatic hydroxyl groups excluding tert-OH is 1. The molecule has 0 aromatic rings. The van der Waals surface area contributed by atoms with Gasteiger partial charge in [0.05, 0.1) is 18.1 Å². The fraction of sp³-hybridized carbons (Fsp3) is 0.839. The second-order valence-corrected chi connectivity index (χ2v) is 12.8. The van der Waals surface area contributed by atoms with E-state index in [9.17, 15) is 19.5 Å². The molecule has 0 aliphatic carbocycles. The van der Waals surface area contributed by atoms with Crippen LogP contribution in [0.15, 0.2) is 12.2 Å². The van der Waals surface area contributed by atoms with Gasteiger partial charge >= 0.3 is 0 Å². The van der Waals surface area contributed by atoms with Crippen molar-refractivity contribution in [2.45, 2.75) is 117 Å². The standard InChI is InChI=1S/C31H60N4O5S/c1-12-16-18-23(5)26(36)21-27(37)32-25(13-2)28(38)34(10)30(41-20-17-19-35(14-3)15-4)29(39)33(9)24(6)22-31(7,8)40-11/h12,16,23-26,30,36H,13-15,17-22H2,1-11H3,(H,32,37)/b16-12+/t23-,24-,25+,26+,30-/m1/s1. The molecule has 0 aromatic heterocycles. The number of thioether (sulfide) groups is 1. The van der Waals surface area contributed by atoms with E-state index < -0.39 is 23.1 Å². The van der Waals surface area contributed by atoms with Crippen LogP contribution in [0.4, 0.5) is 0 Å². The number of hydrogen-bond donors (Lipinski definition) is 2. The lowest BCUT2D eigenvalue weighted by Gasteiger charge is -2.37. The lowest BCUT2D eigenvalue weighted by molar-refractivity contribution is -0.143. The van der Waals surface area contributed by atoms with E-state index in [2.05, 4.69) is 24.1 Å². The normalized spacial score (nSPS) is 15.8. The van der Waals surface area contributed by atoms with Crippen molar-refractivity contribution in [3.63, 3.8) is 0 Å². The maximum Gasteiger partial charge on any atom is 0.255 e. The molecule has 2 N–H and O–H groups in total. The summed E-state index contributed by atoms with van der Waals surface area (Å²) in [6, 6.07) is -0.889. The molecule has 9 nitrogen and oxygen atoms in total. The number of carbonyl (C=O) groups is 3. The van der Waals surface area contributed by atoms with E-state index in [4.69, 9.17) is 4.74 Å². The first-order chi connectivity index (χ1) is 19.2. The molecule has 0 radical (unpaired) electrons. The van der Waals surface area contributed by atoms with Crippen molar-refractivity contribution in [1.82, 2.24) is 20.0 Å². The van der Waals surface area contributed by atoms with Crippen molar-refractivity contribution in [2.24, 2.45) is 5.92 Å². The average Bonchev–Trinajstić information content (AvgIpc) is 2.94. The Bertz CT molecular complexity index is 805. The average molecular weight is 601 g/mol. The van der Waals surface area contributed by atoms with Crippen LogP contribution in [0.5, 0.6) is 0 Å². The Morgan fingerprint density at radius 2 is 1.66 bits per heavy atom. The van der Waals surface area contributed by atoms with Gasteiger partial charge in [0, 0.05) is 27.2 Å². The van der Waals surface area contributed by atoms with Crippen LogP contribution >= 0.6 is 11.8 Å². The third-order valence-corrected chi connectivity index (χ3v) is 9.24. The number of amides is 3. The van der Waals surface area contributed by atoms with Gasteiger partial charge in [-0.3, -0.25) is 14.4 Å². The number of aliphatic hydroxyl groups is 1. The second-order valence-electron chi connectivity index (χ2n) is 11.6. The first-order valence-electron chi connectivity index (χ1n) is 15.2. The van der Waals surface area contributed by atoms with Crippen molar-refractivity contribution in [3.05, 3.63) is 12.2 Å². The number of nitrogens with zero attached hydrogens (tertiary/aromatic N) is 3. The topological polar surface area (TPSA) is 102 Å². The van der Waals surface area contributed by atoms with Crippen molar-refractivity contribution in [2.75, 3.05) is 46.6 Å². The number of likely N-dealkylation sites (N-methyl/N-ethyl adjacent to an activating group) is 2. The molecular weight excluding hydrogens is 540 g/mol. The Labute approximate surface area is 254 Å². The number of methoxy groups -OCH3 is 1. The molecule has 0 spiro atoms. The van der Waals surface area contributed by atoms with Gasteiger partial charge in [-0.15, -0.1) is 11.8 Å². The minimum Gasteiger partial charge on any atom is -0.392 e. The van der Waals surface area contributed by atoms with E-state index in [1.54, 1.807) is 26.1 Å². The number of rotatable bonds is 21. The van der Waals surface area contributed by atoms with Gasteiger partial charge < -0.3 is 29.9 Å². The smallest absolute Gasteiger partial charge is 0.255 e. The summed E-state index contributed by atoms with van der Waals surface area (Å²) >= 11 is 1.46. The molecule has 5 atom stereocenters. The zero-order valence-corrected chi connectivity index (χ0v) is 28.6. The van der Waals surface area contributed by atoms with E-state index in [-0.39, 0.29) is 36.1 Å². The highest BCUT2D eigenvalue weighted by molar-refractivity contribution is 8.00.